The molecule has 0 spiro atoms. The van der Waals surface area contributed by atoms with Crippen LogP contribution in [-0.2, 0) is 21.4 Å². The van der Waals surface area contributed by atoms with E-state index in [4.69, 9.17) is 9.47 Å². The Balaban J connectivity index is 1.82. The van der Waals surface area contributed by atoms with Gasteiger partial charge in [-0.1, -0.05) is 24.3 Å². The summed E-state index contributed by atoms with van der Waals surface area (Å²) in [6.07, 6.45) is 0.00216. The second kappa shape index (κ2) is 11.0. The molecule has 0 aromatic heterocycles. The Morgan fingerprint density at radius 1 is 1.00 bits per heavy atom. The predicted octanol–water partition coefficient (Wildman–Crippen LogP) is 4.13. The molecule has 0 saturated heterocycles. The number of anilines is 1. The Hall–Kier alpha value is -3.59. The fourth-order valence-corrected chi connectivity index (χ4v) is 4.65. The van der Waals surface area contributed by atoms with Crippen LogP contribution in [0.3, 0.4) is 0 Å². The summed E-state index contributed by atoms with van der Waals surface area (Å²) < 4.78 is 52.8. The third-order valence-corrected chi connectivity index (χ3v) is 6.59. The number of benzene rings is 3. The molecule has 0 atom stereocenters. The van der Waals surface area contributed by atoms with Crippen LogP contribution in [0.4, 0.5) is 10.1 Å². The van der Waals surface area contributed by atoms with Crippen LogP contribution in [0.5, 0.6) is 11.5 Å². The molecule has 3 aromatic carbocycles. The lowest BCUT2D eigenvalue weighted by Crippen LogP contribution is -2.41. The number of amides is 1. The van der Waals surface area contributed by atoms with Crippen molar-refractivity contribution in [1.29, 1.82) is 0 Å². The molecule has 0 radical (unpaired) electrons. The standard InChI is InChI=1S/C25H27FN2O5S/c1-18(2)33-21-8-6-7-19(15-21)16-27-25(29)17-28(24-10-5-4-9-23(24)26)34(30,31)22-13-11-20(32-3)12-14-22/h4-15,18H,16-17H2,1-3H3,(H,27,29). The zero-order valence-electron chi connectivity index (χ0n) is 19.2. The Morgan fingerprint density at radius 2 is 1.71 bits per heavy atom. The molecule has 3 aromatic rings. The lowest BCUT2D eigenvalue weighted by molar-refractivity contribution is -0.119. The smallest absolute Gasteiger partial charge is 0.264 e. The summed E-state index contributed by atoms with van der Waals surface area (Å²) in [5.41, 5.74) is 0.558. The van der Waals surface area contributed by atoms with E-state index in [1.165, 1.54) is 49.6 Å². The molecule has 3 rings (SSSR count). The van der Waals surface area contributed by atoms with E-state index >= 15 is 0 Å². The second-order valence-electron chi connectivity index (χ2n) is 7.73. The van der Waals surface area contributed by atoms with Gasteiger partial charge < -0.3 is 14.8 Å². The van der Waals surface area contributed by atoms with E-state index in [2.05, 4.69) is 5.32 Å². The number of carbonyl (C=O) groups is 1. The number of sulfonamides is 1. The maximum atomic E-state index is 14.6. The fourth-order valence-electron chi connectivity index (χ4n) is 3.22. The number of ether oxygens (including phenoxy) is 2. The average Bonchev–Trinajstić information content (AvgIpc) is 2.81. The summed E-state index contributed by atoms with van der Waals surface area (Å²) in [7, 11) is -2.78. The van der Waals surface area contributed by atoms with E-state index in [1.807, 2.05) is 26.0 Å². The molecule has 1 N–H and O–H groups in total. The Labute approximate surface area is 199 Å². The summed E-state index contributed by atoms with van der Waals surface area (Å²) >= 11 is 0. The predicted molar refractivity (Wildman–Crippen MR) is 128 cm³/mol. The van der Waals surface area contributed by atoms with Gasteiger partial charge in [-0.15, -0.1) is 0 Å². The molecule has 0 fully saturated rings. The van der Waals surface area contributed by atoms with Crippen molar-refractivity contribution in [2.75, 3.05) is 18.0 Å². The summed E-state index contributed by atoms with van der Waals surface area (Å²) in [5, 5.41) is 2.70. The lowest BCUT2D eigenvalue weighted by atomic mass is 10.2. The topological polar surface area (TPSA) is 84.9 Å². The molecule has 0 bridgehead atoms. The molecule has 0 aliphatic carbocycles. The Kier molecular flexibility index (Phi) is 8.12. The molecule has 34 heavy (non-hydrogen) atoms. The number of hydrogen-bond acceptors (Lipinski definition) is 5. The van der Waals surface area contributed by atoms with Crippen LogP contribution in [0.25, 0.3) is 0 Å². The van der Waals surface area contributed by atoms with Crippen molar-refractivity contribution in [2.24, 2.45) is 0 Å². The molecule has 0 heterocycles. The van der Waals surface area contributed by atoms with Crippen LogP contribution >= 0.6 is 0 Å². The number of carbonyl (C=O) groups excluding carboxylic acids is 1. The van der Waals surface area contributed by atoms with E-state index in [0.717, 1.165) is 15.9 Å². The molecule has 0 aliphatic heterocycles. The monoisotopic (exact) mass is 486 g/mol. The van der Waals surface area contributed by atoms with Gasteiger partial charge in [-0.05, 0) is 67.9 Å². The SMILES string of the molecule is COc1ccc(S(=O)(=O)N(CC(=O)NCc2cccc(OC(C)C)c2)c2ccccc2F)cc1. The highest BCUT2D eigenvalue weighted by Gasteiger charge is 2.29. The highest BCUT2D eigenvalue weighted by atomic mass is 32.2. The van der Waals surface area contributed by atoms with Crippen molar-refractivity contribution >= 4 is 21.6 Å². The van der Waals surface area contributed by atoms with Gasteiger partial charge in [0.2, 0.25) is 5.91 Å². The van der Waals surface area contributed by atoms with Crippen LogP contribution in [-0.4, -0.2) is 34.1 Å². The first-order chi connectivity index (χ1) is 16.2. The van der Waals surface area contributed by atoms with E-state index < -0.39 is 28.3 Å². The van der Waals surface area contributed by atoms with Crippen molar-refractivity contribution in [1.82, 2.24) is 5.32 Å². The summed E-state index contributed by atoms with van der Waals surface area (Å²) in [6, 6.07) is 18.3. The first kappa shape index (κ1) is 25.0. The maximum Gasteiger partial charge on any atom is 0.264 e. The van der Waals surface area contributed by atoms with Crippen molar-refractivity contribution < 1.29 is 27.1 Å². The highest BCUT2D eigenvalue weighted by Crippen LogP contribution is 2.27. The Morgan fingerprint density at radius 3 is 2.35 bits per heavy atom. The van der Waals surface area contributed by atoms with Gasteiger partial charge in [-0.2, -0.15) is 0 Å². The largest absolute Gasteiger partial charge is 0.497 e. The minimum atomic E-state index is -4.24. The number of para-hydroxylation sites is 1. The van der Waals surface area contributed by atoms with Gasteiger partial charge in [-0.3, -0.25) is 9.10 Å². The van der Waals surface area contributed by atoms with E-state index in [1.54, 1.807) is 12.1 Å². The third kappa shape index (κ3) is 6.26. The maximum absolute atomic E-state index is 14.6. The third-order valence-electron chi connectivity index (χ3n) is 4.82. The number of nitrogens with one attached hydrogen (secondary N) is 1. The molecule has 1 amide bonds. The summed E-state index contributed by atoms with van der Waals surface area (Å²) in [4.78, 5) is 12.7. The first-order valence-corrected chi connectivity index (χ1v) is 12.1. The van der Waals surface area contributed by atoms with E-state index in [9.17, 15) is 17.6 Å². The zero-order chi connectivity index (χ0) is 24.7. The number of hydrogen-bond donors (Lipinski definition) is 1. The van der Waals surface area contributed by atoms with E-state index in [-0.39, 0.29) is 23.2 Å². The Bertz CT molecular complexity index is 1230. The second-order valence-corrected chi connectivity index (χ2v) is 9.59. The van der Waals surface area contributed by atoms with Crippen molar-refractivity contribution in [3.8, 4) is 11.5 Å². The zero-order valence-corrected chi connectivity index (χ0v) is 20.0. The minimum Gasteiger partial charge on any atom is -0.497 e. The van der Waals surface area contributed by atoms with Gasteiger partial charge in [0.1, 0.15) is 23.9 Å². The lowest BCUT2D eigenvalue weighted by Gasteiger charge is -2.24. The van der Waals surface area contributed by atoms with Gasteiger partial charge in [-0.25, -0.2) is 12.8 Å². The first-order valence-electron chi connectivity index (χ1n) is 10.6. The molecule has 180 valence electrons. The van der Waals surface area contributed by atoms with Gasteiger partial charge in [0.15, 0.2) is 0 Å². The van der Waals surface area contributed by atoms with Crippen LogP contribution in [0, 0.1) is 5.82 Å². The van der Waals surface area contributed by atoms with Crippen molar-refractivity contribution in [2.45, 2.75) is 31.4 Å². The van der Waals surface area contributed by atoms with Gasteiger partial charge in [0.05, 0.1) is 23.8 Å². The van der Waals surface area contributed by atoms with Crippen molar-refractivity contribution in [3.05, 3.63) is 84.2 Å². The number of halogens is 1. The minimum absolute atomic E-state index is 0.00216. The highest BCUT2D eigenvalue weighted by molar-refractivity contribution is 7.92. The quantitative estimate of drug-likeness (QED) is 0.466. The van der Waals surface area contributed by atoms with E-state index in [0.29, 0.717) is 11.5 Å². The molecule has 7 nitrogen and oxygen atoms in total. The average molecular weight is 487 g/mol. The molecular formula is C25H27FN2O5S. The normalized spacial score (nSPS) is 11.2. The van der Waals surface area contributed by atoms with Gasteiger partial charge in [0.25, 0.3) is 10.0 Å². The van der Waals surface area contributed by atoms with Crippen LogP contribution in [0.2, 0.25) is 0 Å². The van der Waals surface area contributed by atoms with Crippen LogP contribution in [0.1, 0.15) is 19.4 Å². The molecule has 0 saturated carbocycles. The van der Waals surface area contributed by atoms with Crippen molar-refractivity contribution in [3.63, 3.8) is 0 Å². The molecule has 0 aliphatic rings. The molecular weight excluding hydrogens is 459 g/mol. The summed E-state index contributed by atoms with van der Waals surface area (Å²) in [5.74, 6) is -0.212. The van der Waals surface area contributed by atoms with Gasteiger partial charge in [0, 0.05) is 6.54 Å². The number of nitrogens with zero attached hydrogens (tertiary/aromatic N) is 1. The number of methoxy groups -OCH3 is 1. The van der Waals surface area contributed by atoms with Crippen LogP contribution < -0.4 is 19.1 Å². The molecule has 0 unspecified atom stereocenters. The van der Waals surface area contributed by atoms with Crippen LogP contribution in [0.15, 0.2) is 77.7 Å². The summed E-state index contributed by atoms with van der Waals surface area (Å²) in [6.45, 7) is 3.38. The number of rotatable bonds is 10. The molecule has 9 heteroatoms. The fraction of sp³-hybridized carbons (Fsp3) is 0.240. The van der Waals surface area contributed by atoms with Gasteiger partial charge >= 0.3 is 0 Å².